The molecule has 0 saturated carbocycles. The van der Waals surface area contributed by atoms with E-state index in [1.165, 1.54) is 16.7 Å². The summed E-state index contributed by atoms with van der Waals surface area (Å²) in [5.41, 5.74) is 4.02. The Bertz CT molecular complexity index is 934. The van der Waals surface area contributed by atoms with Crippen molar-refractivity contribution in [2.75, 3.05) is 31.1 Å². The van der Waals surface area contributed by atoms with Crippen LogP contribution in [0.1, 0.15) is 15.9 Å². The molecule has 1 aromatic heterocycles. The van der Waals surface area contributed by atoms with Gasteiger partial charge in [0.15, 0.2) is 0 Å². The summed E-state index contributed by atoms with van der Waals surface area (Å²) in [5.74, 6) is -0.356. The highest BCUT2D eigenvalue weighted by atomic mass is 16.4. The molecule has 4 rings (SSSR count). The number of carbonyl (C=O) groups is 1. The van der Waals surface area contributed by atoms with E-state index in [4.69, 9.17) is 0 Å². The Morgan fingerprint density at radius 1 is 0.857 bits per heavy atom. The second-order valence-corrected chi connectivity index (χ2v) is 7.01. The van der Waals surface area contributed by atoms with Gasteiger partial charge in [-0.25, -0.2) is 9.78 Å². The molecule has 2 heterocycles. The van der Waals surface area contributed by atoms with Gasteiger partial charge in [-0.3, -0.25) is 4.90 Å². The number of nitrogens with zero attached hydrogens (tertiary/aromatic N) is 3. The Morgan fingerprint density at radius 2 is 1.54 bits per heavy atom. The number of pyridine rings is 1. The molecule has 1 aliphatic rings. The van der Waals surface area contributed by atoms with Crippen molar-refractivity contribution < 1.29 is 9.90 Å². The lowest BCUT2D eigenvalue weighted by Crippen LogP contribution is -2.46. The number of carboxylic acids is 1. The van der Waals surface area contributed by atoms with Crippen LogP contribution in [0, 0.1) is 0 Å². The van der Waals surface area contributed by atoms with Crippen LogP contribution in [-0.2, 0) is 6.54 Å². The van der Waals surface area contributed by atoms with E-state index in [1.54, 1.807) is 18.3 Å². The highest BCUT2D eigenvalue weighted by Crippen LogP contribution is 2.22. The first-order valence-electron chi connectivity index (χ1n) is 9.51. The average molecular weight is 373 g/mol. The fourth-order valence-electron chi connectivity index (χ4n) is 3.63. The molecular formula is C23H23N3O2. The summed E-state index contributed by atoms with van der Waals surface area (Å²) < 4.78 is 0. The van der Waals surface area contributed by atoms with Crippen molar-refractivity contribution in [3.05, 3.63) is 84.1 Å². The van der Waals surface area contributed by atoms with Crippen molar-refractivity contribution in [3.63, 3.8) is 0 Å². The molecule has 0 spiro atoms. The minimum atomic E-state index is -0.927. The Morgan fingerprint density at radius 3 is 2.21 bits per heavy atom. The normalized spacial score (nSPS) is 14.8. The van der Waals surface area contributed by atoms with E-state index in [1.807, 2.05) is 6.07 Å². The predicted molar refractivity (Wildman–Crippen MR) is 111 cm³/mol. The Balaban J connectivity index is 1.37. The van der Waals surface area contributed by atoms with E-state index in [9.17, 15) is 9.90 Å². The summed E-state index contributed by atoms with van der Waals surface area (Å²) in [5, 5.41) is 9.37. The number of anilines is 1. The van der Waals surface area contributed by atoms with Crippen molar-refractivity contribution in [1.82, 2.24) is 9.88 Å². The van der Waals surface area contributed by atoms with Gasteiger partial charge in [0.05, 0.1) is 0 Å². The first kappa shape index (κ1) is 18.2. The molecule has 1 N–H and O–H groups in total. The third kappa shape index (κ3) is 4.05. The zero-order chi connectivity index (χ0) is 19.3. The van der Waals surface area contributed by atoms with Crippen LogP contribution < -0.4 is 4.90 Å². The lowest BCUT2D eigenvalue weighted by atomic mass is 10.0. The molecule has 0 aliphatic carbocycles. The van der Waals surface area contributed by atoms with Gasteiger partial charge < -0.3 is 10.0 Å². The second kappa shape index (κ2) is 8.23. The van der Waals surface area contributed by atoms with E-state index >= 15 is 0 Å². The lowest BCUT2D eigenvalue weighted by molar-refractivity contribution is 0.0697. The van der Waals surface area contributed by atoms with Crippen LogP contribution >= 0.6 is 0 Å². The molecule has 1 aliphatic heterocycles. The van der Waals surface area contributed by atoms with Crippen molar-refractivity contribution in [1.29, 1.82) is 0 Å². The van der Waals surface area contributed by atoms with Gasteiger partial charge in [0.1, 0.15) is 11.4 Å². The molecule has 1 saturated heterocycles. The predicted octanol–water partition coefficient (Wildman–Crippen LogP) is 3.77. The lowest BCUT2D eigenvalue weighted by Gasteiger charge is -2.35. The van der Waals surface area contributed by atoms with Gasteiger partial charge in [0.2, 0.25) is 0 Å². The summed E-state index contributed by atoms with van der Waals surface area (Å²) in [6.07, 6.45) is 1.66. The topological polar surface area (TPSA) is 56.7 Å². The van der Waals surface area contributed by atoms with Gasteiger partial charge in [-0.05, 0) is 28.8 Å². The van der Waals surface area contributed by atoms with E-state index in [0.717, 1.165) is 32.7 Å². The zero-order valence-corrected chi connectivity index (χ0v) is 15.7. The van der Waals surface area contributed by atoms with Gasteiger partial charge in [-0.15, -0.1) is 0 Å². The number of carboxylic acid groups (broad SMARTS) is 1. The monoisotopic (exact) mass is 373 g/mol. The molecule has 0 bridgehead atoms. The standard InChI is InChI=1S/C23H23N3O2/c27-23(28)21-7-4-12-24-22(21)26-15-13-25(14-16-26)17-18-8-10-20(11-9-18)19-5-2-1-3-6-19/h1-12H,13-17H2,(H,27,28). The molecule has 0 radical (unpaired) electrons. The van der Waals surface area contributed by atoms with Crippen LogP contribution in [0.2, 0.25) is 0 Å². The summed E-state index contributed by atoms with van der Waals surface area (Å²) in [4.78, 5) is 20.2. The quantitative estimate of drug-likeness (QED) is 0.738. The summed E-state index contributed by atoms with van der Waals surface area (Å²) >= 11 is 0. The number of benzene rings is 2. The van der Waals surface area contributed by atoms with E-state index in [0.29, 0.717) is 5.82 Å². The summed E-state index contributed by atoms with van der Waals surface area (Å²) in [6.45, 7) is 4.22. The number of hydrogen-bond acceptors (Lipinski definition) is 4. The molecule has 1 fully saturated rings. The largest absolute Gasteiger partial charge is 0.478 e. The van der Waals surface area contributed by atoms with E-state index < -0.39 is 5.97 Å². The molecular weight excluding hydrogens is 350 g/mol. The number of aromatic nitrogens is 1. The van der Waals surface area contributed by atoms with Gasteiger partial charge >= 0.3 is 5.97 Å². The van der Waals surface area contributed by atoms with Crippen molar-refractivity contribution in [2.45, 2.75) is 6.54 Å². The SMILES string of the molecule is O=C(O)c1cccnc1N1CCN(Cc2ccc(-c3ccccc3)cc2)CC1. The van der Waals surface area contributed by atoms with Crippen LogP contribution in [0.5, 0.6) is 0 Å². The fraction of sp³-hybridized carbons (Fsp3) is 0.217. The molecule has 2 aromatic carbocycles. The second-order valence-electron chi connectivity index (χ2n) is 7.01. The first-order chi connectivity index (χ1) is 13.7. The molecule has 5 nitrogen and oxygen atoms in total. The van der Waals surface area contributed by atoms with Crippen LogP contribution in [0.4, 0.5) is 5.82 Å². The highest BCUT2D eigenvalue weighted by molar-refractivity contribution is 5.93. The third-order valence-electron chi connectivity index (χ3n) is 5.16. The average Bonchev–Trinajstić information content (AvgIpc) is 2.75. The molecule has 5 heteroatoms. The minimum Gasteiger partial charge on any atom is -0.478 e. The Labute approximate surface area is 164 Å². The third-order valence-corrected chi connectivity index (χ3v) is 5.16. The van der Waals surface area contributed by atoms with Crippen LogP contribution in [0.15, 0.2) is 72.9 Å². The number of piperazine rings is 1. The maximum absolute atomic E-state index is 11.4. The highest BCUT2D eigenvalue weighted by Gasteiger charge is 2.22. The first-order valence-corrected chi connectivity index (χ1v) is 9.51. The number of hydrogen-bond donors (Lipinski definition) is 1. The van der Waals surface area contributed by atoms with Crippen molar-refractivity contribution in [2.24, 2.45) is 0 Å². The van der Waals surface area contributed by atoms with Crippen molar-refractivity contribution in [3.8, 4) is 11.1 Å². The molecule has 0 amide bonds. The van der Waals surface area contributed by atoms with Crippen molar-refractivity contribution >= 4 is 11.8 Å². The summed E-state index contributed by atoms with van der Waals surface area (Å²) in [7, 11) is 0. The van der Waals surface area contributed by atoms with E-state index in [-0.39, 0.29) is 5.56 Å². The summed E-state index contributed by atoms with van der Waals surface area (Å²) in [6, 6.07) is 22.4. The smallest absolute Gasteiger partial charge is 0.339 e. The van der Waals surface area contributed by atoms with Crippen LogP contribution in [0.25, 0.3) is 11.1 Å². The Kier molecular flexibility index (Phi) is 5.35. The fourth-order valence-corrected chi connectivity index (χ4v) is 3.63. The number of rotatable bonds is 5. The van der Waals surface area contributed by atoms with Crippen LogP contribution in [0.3, 0.4) is 0 Å². The molecule has 28 heavy (non-hydrogen) atoms. The van der Waals surface area contributed by atoms with Gasteiger partial charge in [-0.1, -0.05) is 54.6 Å². The minimum absolute atomic E-state index is 0.271. The van der Waals surface area contributed by atoms with Crippen LogP contribution in [-0.4, -0.2) is 47.1 Å². The maximum Gasteiger partial charge on any atom is 0.339 e. The molecule has 0 atom stereocenters. The van der Waals surface area contributed by atoms with Gasteiger partial charge in [0.25, 0.3) is 0 Å². The Hall–Kier alpha value is -3.18. The number of aromatic carboxylic acids is 1. The zero-order valence-electron chi connectivity index (χ0n) is 15.7. The molecule has 142 valence electrons. The van der Waals surface area contributed by atoms with Gasteiger partial charge in [-0.2, -0.15) is 0 Å². The molecule has 0 unspecified atom stereocenters. The maximum atomic E-state index is 11.4. The van der Waals surface area contributed by atoms with E-state index in [2.05, 4.69) is 63.3 Å². The molecule has 3 aromatic rings. The van der Waals surface area contributed by atoms with Gasteiger partial charge in [0, 0.05) is 38.9 Å².